The molecule has 0 aliphatic carbocycles. The molecule has 1 saturated heterocycles. The van der Waals surface area contributed by atoms with Crippen LogP contribution in [0.5, 0.6) is 0 Å². The first-order valence-corrected chi connectivity index (χ1v) is 9.11. The van der Waals surface area contributed by atoms with Gasteiger partial charge >= 0.3 is 5.97 Å². The van der Waals surface area contributed by atoms with Crippen LogP contribution in [0, 0.1) is 0 Å². The number of methoxy groups -OCH3 is 1. The van der Waals surface area contributed by atoms with Crippen LogP contribution in [-0.4, -0.2) is 35.7 Å². The third kappa shape index (κ3) is 3.79. The summed E-state index contributed by atoms with van der Waals surface area (Å²) < 4.78 is 4.87. The summed E-state index contributed by atoms with van der Waals surface area (Å²) in [6, 6.07) is 2.40. The van der Waals surface area contributed by atoms with Crippen molar-refractivity contribution in [3.8, 4) is 0 Å². The Hall–Kier alpha value is -1.14. The Morgan fingerprint density at radius 1 is 1.50 bits per heavy atom. The number of hydrogen-bond donors (Lipinski definition) is 1. The van der Waals surface area contributed by atoms with Crippen molar-refractivity contribution in [2.75, 3.05) is 19.0 Å². The van der Waals surface area contributed by atoms with Crippen molar-refractivity contribution in [2.24, 2.45) is 0 Å². The molecular formula is C16H24N2O2S2. The average molecular weight is 341 g/mol. The third-order valence-electron chi connectivity index (χ3n) is 4.12. The zero-order valence-electron chi connectivity index (χ0n) is 13.5. The summed E-state index contributed by atoms with van der Waals surface area (Å²) >= 11 is 7.17. The normalized spacial score (nSPS) is 18.1. The van der Waals surface area contributed by atoms with Crippen LogP contribution < -0.4 is 5.32 Å². The van der Waals surface area contributed by atoms with E-state index in [9.17, 15) is 4.79 Å². The molecule has 1 fully saturated rings. The number of esters is 1. The van der Waals surface area contributed by atoms with E-state index < -0.39 is 0 Å². The Morgan fingerprint density at radius 2 is 2.27 bits per heavy atom. The minimum atomic E-state index is -0.313. The fourth-order valence-corrected chi connectivity index (χ4v) is 4.22. The standard InChI is InChI=1S/C16H24N2O2S2/c1-4-11-8-6-7-9-18(11)16(21)17-14-13(15(19)20-3)10-12(5-2)22-14/h10-11H,4-9H2,1-3H3,(H,17,21). The van der Waals surface area contributed by atoms with Crippen molar-refractivity contribution in [2.45, 2.75) is 52.0 Å². The Bertz CT molecular complexity index is 542. The number of carbonyl (C=O) groups excluding carboxylic acids is 1. The number of rotatable bonds is 4. The number of anilines is 1. The van der Waals surface area contributed by atoms with Gasteiger partial charge in [-0.2, -0.15) is 0 Å². The molecule has 2 heterocycles. The number of hydrogen-bond acceptors (Lipinski definition) is 4. The highest BCUT2D eigenvalue weighted by atomic mass is 32.1. The van der Waals surface area contributed by atoms with Gasteiger partial charge in [0.15, 0.2) is 5.11 Å². The Labute approximate surface area is 141 Å². The number of nitrogens with zero attached hydrogens (tertiary/aromatic N) is 1. The van der Waals surface area contributed by atoms with Crippen molar-refractivity contribution in [3.05, 3.63) is 16.5 Å². The molecule has 1 aliphatic heterocycles. The number of thiophene rings is 1. The molecule has 22 heavy (non-hydrogen) atoms. The molecule has 1 N–H and O–H groups in total. The van der Waals surface area contributed by atoms with Gasteiger partial charge in [0.05, 0.1) is 12.7 Å². The first-order valence-electron chi connectivity index (χ1n) is 7.89. The highest BCUT2D eigenvalue weighted by Crippen LogP contribution is 2.30. The molecule has 0 bridgehead atoms. The summed E-state index contributed by atoms with van der Waals surface area (Å²) in [6.45, 7) is 5.27. The number of aryl methyl sites for hydroxylation is 1. The zero-order chi connectivity index (χ0) is 16.1. The highest BCUT2D eigenvalue weighted by Gasteiger charge is 2.25. The molecule has 1 aliphatic rings. The monoisotopic (exact) mass is 340 g/mol. The molecule has 0 saturated carbocycles. The SMILES string of the molecule is CCc1cc(C(=O)OC)c(NC(=S)N2CCCCC2CC)s1. The Balaban J connectivity index is 2.16. The maximum absolute atomic E-state index is 11.9. The zero-order valence-corrected chi connectivity index (χ0v) is 15.1. The number of thiocarbonyl (C=S) groups is 1. The van der Waals surface area contributed by atoms with Crippen molar-refractivity contribution in [1.82, 2.24) is 4.90 Å². The quantitative estimate of drug-likeness (QED) is 0.661. The molecule has 6 heteroatoms. The molecule has 1 unspecified atom stereocenters. The van der Waals surface area contributed by atoms with Gasteiger partial charge in [0.2, 0.25) is 0 Å². The van der Waals surface area contributed by atoms with Crippen LogP contribution in [0.25, 0.3) is 0 Å². The number of nitrogens with one attached hydrogen (secondary N) is 1. The van der Waals surface area contributed by atoms with Gasteiger partial charge in [0.1, 0.15) is 5.00 Å². The summed E-state index contributed by atoms with van der Waals surface area (Å²) in [5.41, 5.74) is 0.580. The topological polar surface area (TPSA) is 41.6 Å². The molecule has 0 radical (unpaired) electrons. The molecule has 1 aromatic heterocycles. The minimum absolute atomic E-state index is 0.313. The fraction of sp³-hybridized carbons (Fsp3) is 0.625. The van der Waals surface area contributed by atoms with Crippen LogP contribution in [0.3, 0.4) is 0 Å². The Kier molecular flexibility index (Phi) is 6.20. The maximum Gasteiger partial charge on any atom is 0.340 e. The number of likely N-dealkylation sites (tertiary alicyclic amines) is 1. The molecule has 0 amide bonds. The first kappa shape index (κ1) is 17.2. The van der Waals surface area contributed by atoms with E-state index in [0.29, 0.717) is 11.6 Å². The lowest BCUT2D eigenvalue weighted by atomic mass is 10.0. The van der Waals surface area contributed by atoms with Crippen molar-refractivity contribution >= 4 is 39.6 Å². The molecule has 0 aromatic carbocycles. The summed E-state index contributed by atoms with van der Waals surface area (Å²) in [6.07, 6.45) is 5.62. The van der Waals surface area contributed by atoms with Gasteiger partial charge in [-0.1, -0.05) is 13.8 Å². The van der Waals surface area contributed by atoms with E-state index in [1.165, 1.54) is 26.4 Å². The lowest BCUT2D eigenvalue weighted by Crippen LogP contribution is -2.45. The van der Waals surface area contributed by atoms with E-state index in [1.807, 2.05) is 6.07 Å². The van der Waals surface area contributed by atoms with Crippen LogP contribution in [0.4, 0.5) is 5.00 Å². The van der Waals surface area contributed by atoms with Gasteiger partial charge in [-0.25, -0.2) is 4.79 Å². The van der Waals surface area contributed by atoms with Gasteiger partial charge in [-0.05, 0) is 50.4 Å². The first-order chi connectivity index (χ1) is 10.6. The van der Waals surface area contributed by atoms with E-state index in [4.69, 9.17) is 17.0 Å². The summed E-state index contributed by atoms with van der Waals surface area (Å²) in [4.78, 5) is 15.3. The van der Waals surface area contributed by atoms with Gasteiger partial charge in [0, 0.05) is 17.5 Å². The smallest absolute Gasteiger partial charge is 0.340 e. The predicted octanol–water partition coefficient (Wildman–Crippen LogP) is 4.06. The largest absolute Gasteiger partial charge is 0.465 e. The molecular weight excluding hydrogens is 316 g/mol. The van der Waals surface area contributed by atoms with Gasteiger partial charge in [-0.3, -0.25) is 0 Å². The van der Waals surface area contributed by atoms with E-state index in [1.54, 1.807) is 11.3 Å². The van der Waals surface area contributed by atoms with E-state index in [-0.39, 0.29) is 5.97 Å². The molecule has 1 atom stereocenters. The van der Waals surface area contributed by atoms with E-state index >= 15 is 0 Å². The molecule has 0 spiro atoms. The van der Waals surface area contributed by atoms with Crippen molar-refractivity contribution in [1.29, 1.82) is 0 Å². The van der Waals surface area contributed by atoms with Crippen LogP contribution >= 0.6 is 23.6 Å². The lowest BCUT2D eigenvalue weighted by molar-refractivity contribution is 0.0602. The molecule has 122 valence electrons. The van der Waals surface area contributed by atoms with Crippen molar-refractivity contribution < 1.29 is 9.53 Å². The second kappa shape index (κ2) is 7.92. The second-order valence-corrected chi connectivity index (χ2v) is 7.01. The van der Waals surface area contributed by atoms with Crippen LogP contribution in [0.2, 0.25) is 0 Å². The molecule has 2 rings (SSSR count). The van der Waals surface area contributed by atoms with Crippen LogP contribution in [0.1, 0.15) is 54.8 Å². The van der Waals surface area contributed by atoms with Gasteiger partial charge < -0.3 is 15.0 Å². The summed E-state index contributed by atoms with van der Waals surface area (Å²) in [5.74, 6) is -0.313. The van der Waals surface area contributed by atoms with Gasteiger partial charge in [-0.15, -0.1) is 11.3 Å². The third-order valence-corrected chi connectivity index (χ3v) is 5.65. The highest BCUT2D eigenvalue weighted by molar-refractivity contribution is 7.80. The van der Waals surface area contributed by atoms with E-state index in [0.717, 1.165) is 34.4 Å². The van der Waals surface area contributed by atoms with E-state index in [2.05, 4.69) is 24.1 Å². The van der Waals surface area contributed by atoms with Crippen LogP contribution in [-0.2, 0) is 11.2 Å². The lowest BCUT2D eigenvalue weighted by Gasteiger charge is -2.37. The average Bonchev–Trinajstić information content (AvgIpc) is 2.96. The summed E-state index contributed by atoms with van der Waals surface area (Å²) in [5, 5.41) is 4.81. The minimum Gasteiger partial charge on any atom is -0.465 e. The fourth-order valence-electron chi connectivity index (χ4n) is 2.83. The number of piperidine rings is 1. The van der Waals surface area contributed by atoms with Crippen LogP contribution in [0.15, 0.2) is 6.07 Å². The molecule has 4 nitrogen and oxygen atoms in total. The maximum atomic E-state index is 11.9. The van der Waals surface area contributed by atoms with Gasteiger partial charge in [0.25, 0.3) is 0 Å². The number of ether oxygens (including phenoxy) is 1. The summed E-state index contributed by atoms with van der Waals surface area (Å²) in [7, 11) is 1.41. The molecule has 1 aromatic rings. The Morgan fingerprint density at radius 3 is 2.91 bits per heavy atom. The number of carbonyl (C=O) groups is 1. The van der Waals surface area contributed by atoms with Crippen molar-refractivity contribution in [3.63, 3.8) is 0 Å². The predicted molar refractivity (Wildman–Crippen MR) is 95.9 cm³/mol. The second-order valence-electron chi connectivity index (χ2n) is 5.48.